The predicted molar refractivity (Wildman–Crippen MR) is 102 cm³/mol. The lowest BCUT2D eigenvalue weighted by molar-refractivity contribution is -0.141. The zero-order valence-electron chi connectivity index (χ0n) is 15.6. The molecule has 146 valence electrons. The van der Waals surface area contributed by atoms with E-state index in [-0.39, 0.29) is 49.1 Å². The van der Waals surface area contributed by atoms with Crippen molar-refractivity contribution in [2.45, 2.75) is 37.8 Å². The van der Waals surface area contributed by atoms with Gasteiger partial charge in [-0.05, 0) is 36.6 Å². The molecule has 3 heterocycles. The van der Waals surface area contributed by atoms with Crippen LogP contribution in [0.1, 0.15) is 24.8 Å². The van der Waals surface area contributed by atoms with Crippen LogP contribution in [0.5, 0.6) is 0 Å². The number of carbonyl (C=O) groups excluding carboxylic acids is 2. The Hall–Kier alpha value is -2.96. The van der Waals surface area contributed by atoms with Crippen molar-refractivity contribution >= 4 is 11.8 Å². The number of allylic oxidation sites excluding steroid dienone is 2. The molecule has 6 nitrogen and oxygen atoms in total. The highest BCUT2D eigenvalue weighted by atomic mass is 19.1. The van der Waals surface area contributed by atoms with Crippen LogP contribution in [-0.2, 0) is 16.0 Å². The summed E-state index contributed by atoms with van der Waals surface area (Å²) >= 11 is 0. The maximum absolute atomic E-state index is 13.9. The van der Waals surface area contributed by atoms with Gasteiger partial charge in [-0.3, -0.25) is 14.6 Å². The first-order valence-electron chi connectivity index (χ1n) is 9.61. The molecule has 2 atom stereocenters. The van der Waals surface area contributed by atoms with Gasteiger partial charge in [0.15, 0.2) is 0 Å². The number of amides is 2. The minimum atomic E-state index is -0.348. The molecular weight excluding hydrogens is 359 g/mol. The van der Waals surface area contributed by atoms with E-state index < -0.39 is 0 Å². The van der Waals surface area contributed by atoms with Crippen LogP contribution in [0, 0.1) is 0 Å². The molecule has 1 aliphatic carbocycles. The number of pyridine rings is 1. The van der Waals surface area contributed by atoms with Crippen LogP contribution >= 0.6 is 0 Å². The molecule has 1 aromatic rings. The number of fused-ring (bicyclic) bond motifs is 3. The molecule has 1 saturated heterocycles. The Morgan fingerprint density at radius 3 is 3.04 bits per heavy atom. The number of halogens is 1. The van der Waals surface area contributed by atoms with E-state index in [1.165, 1.54) is 6.08 Å². The Bertz CT molecular complexity index is 849. The van der Waals surface area contributed by atoms with Gasteiger partial charge >= 0.3 is 0 Å². The molecular formula is C21H23FN4O2. The fraction of sp³-hybridized carbons (Fsp3) is 0.381. The fourth-order valence-electron chi connectivity index (χ4n) is 3.99. The van der Waals surface area contributed by atoms with Crippen molar-refractivity contribution in [3.05, 3.63) is 66.0 Å². The normalized spacial score (nSPS) is 23.1. The zero-order valence-corrected chi connectivity index (χ0v) is 15.6. The van der Waals surface area contributed by atoms with Gasteiger partial charge in [0.05, 0.1) is 6.04 Å². The topological polar surface area (TPSA) is 65.5 Å². The maximum Gasteiger partial charge on any atom is 0.246 e. The molecule has 2 amide bonds. The van der Waals surface area contributed by atoms with Gasteiger partial charge in [0.1, 0.15) is 11.9 Å². The lowest BCUT2D eigenvalue weighted by atomic mass is 9.95. The summed E-state index contributed by atoms with van der Waals surface area (Å²) in [4.78, 5) is 32.8. The quantitative estimate of drug-likeness (QED) is 0.818. The summed E-state index contributed by atoms with van der Waals surface area (Å²) in [5.74, 6) is -0.389. The van der Waals surface area contributed by atoms with E-state index in [1.807, 2.05) is 29.3 Å². The number of nitrogens with one attached hydrogen (secondary N) is 1. The third-order valence-electron chi connectivity index (χ3n) is 5.41. The van der Waals surface area contributed by atoms with Crippen LogP contribution in [-0.4, -0.2) is 51.8 Å². The highest BCUT2D eigenvalue weighted by molar-refractivity contribution is 5.86. The van der Waals surface area contributed by atoms with Crippen LogP contribution in [0.15, 0.2) is 60.5 Å². The summed E-state index contributed by atoms with van der Waals surface area (Å²) < 4.78 is 13.9. The highest BCUT2D eigenvalue weighted by Gasteiger charge is 2.44. The first-order valence-corrected chi connectivity index (χ1v) is 9.61. The lowest BCUT2D eigenvalue weighted by Crippen LogP contribution is -2.58. The average Bonchev–Trinajstić information content (AvgIpc) is 3.19. The van der Waals surface area contributed by atoms with Crippen molar-refractivity contribution in [1.29, 1.82) is 0 Å². The molecule has 0 radical (unpaired) electrons. The Kier molecular flexibility index (Phi) is 5.23. The standard InChI is InChI=1S/C21H23FN4O2/c22-16-5-6-17-19(13-16)26(21(28)18-4-2-11-25(17)18)12-8-20(27)24-10-7-15-3-1-9-23-14-15/h1-3,5-6,9,11,14,18-19H,4,7-8,10,12-13H2,(H,24,27). The van der Waals surface area contributed by atoms with Crippen molar-refractivity contribution in [2.75, 3.05) is 13.1 Å². The zero-order chi connectivity index (χ0) is 19.5. The van der Waals surface area contributed by atoms with Crippen molar-refractivity contribution in [1.82, 2.24) is 20.1 Å². The number of hydrogen-bond donors (Lipinski definition) is 1. The van der Waals surface area contributed by atoms with E-state index in [4.69, 9.17) is 0 Å². The molecule has 7 heteroatoms. The van der Waals surface area contributed by atoms with Crippen molar-refractivity contribution in [3.8, 4) is 0 Å². The molecule has 2 unspecified atom stereocenters. The second kappa shape index (κ2) is 7.96. The van der Waals surface area contributed by atoms with E-state index in [0.717, 1.165) is 11.3 Å². The minimum Gasteiger partial charge on any atom is -0.356 e. The average molecular weight is 382 g/mol. The van der Waals surface area contributed by atoms with E-state index in [0.29, 0.717) is 19.4 Å². The third kappa shape index (κ3) is 3.69. The predicted octanol–water partition coefficient (Wildman–Crippen LogP) is 2.07. The van der Waals surface area contributed by atoms with Crippen molar-refractivity contribution in [3.63, 3.8) is 0 Å². The Morgan fingerprint density at radius 1 is 1.32 bits per heavy atom. The number of carbonyl (C=O) groups is 2. The Morgan fingerprint density at radius 2 is 2.21 bits per heavy atom. The van der Waals surface area contributed by atoms with Gasteiger partial charge in [-0.1, -0.05) is 12.1 Å². The summed E-state index contributed by atoms with van der Waals surface area (Å²) in [6, 6.07) is 3.21. The highest BCUT2D eigenvalue weighted by Crippen LogP contribution is 2.36. The molecule has 1 aromatic heterocycles. The van der Waals surface area contributed by atoms with Gasteiger partial charge in [0.2, 0.25) is 11.8 Å². The van der Waals surface area contributed by atoms with Gasteiger partial charge < -0.3 is 15.1 Å². The third-order valence-corrected chi connectivity index (χ3v) is 5.41. The summed E-state index contributed by atoms with van der Waals surface area (Å²) in [7, 11) is 0. The number of hydrogen-bond acceptors (Lipinski definition) is 4. The largest absolute Gasteiger partial charge is 0.356 e. The maximum atomic E-state index is 13.9. The fourth-order valence-corrected chi connectivity index (χ4v) is 3.99. The Balaban J connectivity index is 1.34. The van der Waals surface area contributed by atoms with Crippen molar-refractivity contribution < 1.29 is 14.0 Å². The number of rotatable bonds is 6. The summed E-state index contributed by atoms with van der Waals surface area (Å²) in [6.45, 7) is 0.807. The van der Waals surface area contributed by atoms with E-state index in [9.17, 15) is 14.0 Å². The van der Waals surface area contributed by atoms with E-state index in [1.54, 1.807) is 23.4 Å². The lowest BCUT2D eigenvalue weighted by Gasteiger charge is -2.46. The van der Waals surface area contributed by atoms with Crippen molar-refractivity contribution in [2.24, 2.45) is 0 Å². The Labute approximate surface area is 163 Å². The summed E-state index contributed by atoms with van der Waals surface area (Å²) in [5, 5.41) is 2.89. The molecule has 0 saturated carbocycles. The summed E-state index contributed by atoms with van der Waals surface area (Å²) in [5.41, 5.74) is 1.99. The van der Waals surface area contributed by atoms with Crippen LogP contribution in [0.3, 0.4) is 0 Å². The molecule has 4 rings (SSSR count). The SMILES string of the molecule is O=C(CCN1C(=O)C2CC=CN2C2=CC=C(F)CC21)NCCc1cccnc1. The van der Waals surface area contributed by atoms with Gasteiger partial charge in [0.25, 0.3) is 0 Å². The van der Waals surface area contributed by atoms with Gasteiger partial charge in [0, 0.05) is 50.2 Å². The molecule has 0 spiro atoms. The molecule has 28 heavy (non-hydrogen) atoms. The van der Waals surface area contributed by atoms with Crippen LogP contribution in [0.4, 0.5) is 4.39 Å². The smallest absolute Gasteiger partial charge is 0.246 e. The molecule has 0 bridgehead atoms. The van der Waals surface area contributed by atoms with Gasteiger partial charge in [-0.25, -0.2) is 4.39 Å². The molecule has 0 aromatic carbocycles. The van der Waals surface area contributed by atoms with E-state index in [2.05, 4.69) is 10.3 Å². The van der Waals surface area contributed by atoms with Crippen LogP contribution in [0.2, 0.25) is 0 Å². The first kappa shape index (κ1) is 18.4. The molecule has 3 aliphatic rings. The first-order chi connectivity index (χ1) is 13.6. The van der Waals surface area contributed by atoms with E-state index >= 15 is 0 Å². The molecule has 1 N–H and O–H groups in total. The number of aromatic nitrogens is 1. The van der Waals surface area contributed by atoms with Crippen LogP contribution < -0.4 is 5.32 Å². The summed E-state index contributed by atoms with van der Waals surface area (Å²) in [6.07, 6.45) is 12.3. The van der Waals surface area contributed by atoms with Gasteiger partial charge in [-0.2, -0.15) is 0 Å². The monoisotopic (exact) mass is 382 g/mol. The van der Waals surface area contributed by atoms with Gasteiger partial charge in [-0.15, -0.1) is 0 Å². The minimum absolute atomic E-state index is 0.0370. The van der Waals surface area contributed by atoms with Crippen LogP contribution in [0.25, 0.3) is 0 Å². The molecule has 1 fully saturated rings. The molecule has 2 aliphatic heterocycles. The second-order valence-electron chi connectivity index (χ2n) is 7.21. The number of nitrogens with zero attached hydrogens (tertiary/aromatic N) is 3. The second-order valence-corrected chi connectivity index (χ2v) is 7.21. The number of piperazine rings is 1.